The number of ether oxygens (including phenoxy) is 1. The van der Waals surface area contributed by atoms with Gasteiger partial charge in [-0.25, -0.2) is 10.2 Å². The molecule has 1 amide bonds. The number of carbonyl (C=O) groups excluding carboxylic acids is 1. The Morgan fingerprint density at radius 1 is 1.35 bits per heavy atom. The van der Waals surface area contributed by atoms with E-state index >= 15 is 0 Å². The monoisotopic (exact) mass is 238 g/mol. The van der Waals surface area contributed by atoms with E-state index in [0.717, 1.165) is 30.4 Å². The normalized spacial score (nSPS) is 30.8. The first-order valence-electron chi connectivity index (χ1n) is 6.77. The van der Waals surface area contributed by atoms with Gasteiger partial charge in [0, 0.05) is 5.71 Å². The Kier molecular flexibility index (Phi) is 4.40. The molecule has 0 radical (unpaired) electrons. The lowest BCUT2D eigenvalue weighted by atomic mass is 9.70. The van der Waals surface area contributed by atoms with Gasteiger partial charge in [0.05, 0.1) is 6.61 Å². The van der Waals surface area contributed by atoms with Crippen LogP contribution in [-0.4, -0.2) is 18.4 Å². The van der Waals surface area contributed by atoms with Gasteiger partial charge in [-0.05, 0) is 44.4 Å². The molecule has 0 bridgehead atoms. The highest BCUT2D eigenvalue weighted by Crippen LogP contribution is 2.39. The van der Waals surface area contributed by atoms with Crippen molar-refractivity contribution in [2.75, 3.05) is 6.61 Å². The highest BCUT2D eigenvalue weighted by Gasteiger charge is 2.30. The molecule has 0 unspecified atom stereocenters. The van der Waals surface area contributed by atoms with Crippen LogP contribution in [0.1, 0.15) is 51.9 Å². The number of hydrazone groups is 1. The molecule has 17 heavy (non-hydrogen) atoms. The highest BCUT2D eigenvalue weighted by atomic mass is 16.5. The molecule has 2 fully saturated rings. The summed E-state index contributed by atoms with van der Waals surface area (Å²) in [5.74, 6) is 1.71. The first kappa shape index (κ1) is 12.4. The Hall–Kier alpha value is -1.06. The van der Waals surface area contributed by atoms with Gasteiger partial charge < -0.3 is 4.74 Å². The number of hydrogen-bond acceptors (Lipinski definition) is 3. The number of nitrogens with zero attached hydrogens (tertiary/aromatic N) is 1. The maximum atomic E-state index is 11.1. The molecule has 4 nitrogen and oxygen atoms in total. The second kappa shape index (κ2) is 6.03. The molecule has 0 aliphatic heterocycles. The third-order valence-corrected chi connectivity index (χ3v) is 3.95. The summed E-state index contributed by atoms with van der Waals surface area (Å²) in [4.78, 5) is 11.1. The van der Waals surface area contributed by atoms with E-state index in [0.29, 0.717) is 6.61 Å². The number of nitrogens with one attached hydrogen (secondary N) is 1. The zero-order chi connectivity index (χ0) is 12.1. The van der Waals surface area contributed by atoms with Crippen molar-refractivity contribution in [1.82, 2.24) is 5.43 Å². The first-order valence-corrected chi connectivity index (χ1v) is 6.77. The molecule has 0 aromatic rings. The van der Waals surface area contributed by atoms with Gasteiger partial charge in [0.1, 0.15) is 0 Å². The molecule has 0 saturated heterocycles. The fourth-order valence-electron chi connectivity index (χ4n) is 3.08. The Bertz CT molecular complexity index is 302. The van der Waals surface area contributed by atoms with E-state index in [2.05, 4.69) is 10.5 Å². The smallest absolute Gasteiger partial charge is 0.427 e. The van der Waals surface area contributed by atoms with Crippen molar-refractivity contribution < 1.29 is 9.53 Å². The van der Waals surface area contributed by atoms with E-state index in [1.54, 1.807) is 6.92 Å². The number of carbonyl (C=O) groups is 1. The topological polar surface area (TPSA) is 50.7 Å². The fourth-order valence-corrected chi connectivity index (χ4v) is 3.08. The second-order valence-electron chi connectivity index (χ2n) is 5.06. The minimum Gasteiger partial charge on any atom is -0.449 e. The van der Waals surface area contributed by atoms with Crippen molar-refractivity contribution >= 4 is 11.8 Å². The largest absolute Gasteiger partial charge is 0.449 e. The van der Waals surface area contributed by atoms with Crippen LogP contribution >= 0.6 is 0 Å². The summed E-state index contributed by atoms with van der Waals surface area (Å²) in [5.41, 5.74) is 3.62. The van der Waals surface area contributed by atoms with Crippen LogP contribution in [0.3, 0.4) is 0 Å². The lowest BCUT2D eigenvalue weighted by Gasteiger charge is -2.35. The lowest BCUT2D eigenvalue weighted by Crippen LogP contribution is -2.29. The standard InChI is InChI=1S/C13H22N2O2/c1-2-17-13(16)15-14-12-8-7-10-5-3-4-6-11(10)9-12/h10-11H,2-9H2,1H3,(H,15,16)/b14-12-/t10-,11+/m1/s1. The van der Waals surface area contributed by atoms with E-state index in [4.69, 9.17) is 4.74 Å². The third-order valence-electron chi connectivity index (χ3n) is 3.95. The molecule has 2 aliphatic carbocycles. The Labute approximate surface area is 103 Å². The number of fused-ring (bicyclic) bond motifs is 1. The van der Waals surface area contributed by atoms with Gasteiger partial charge in [0.25, 0.3) is 0 Å². The Morgan fingerprint density at radius 2 is 2.12 bits per heavy atom. The van der Waals surface area contributed by atoms with Crippen LogP contribution in [0.2, 0.25) is 0 Å². The summed E-state index contributed by atoms with van der Waals surface area (Å²) in [6.45, 7) is 2.18. The highest BCUT2D eigenvalue weighted by molar-refractivity contribution is 5.86. The van der Waals surface area contributed by atoms with Crippen LogP contribution in [0, 0.1) is 11.8 Å². The van der Waals surface area contributed by atoms with E-state index in [9.17, 15) is 4.79 Å². The number of hydrogen-bond donors (Lipinski definition) is 1. The van der Waals surface area contributed by atoms with Crippen molar-refractivity contribution in [3.05, 3.63) is 0 Å². The van der Waals surface area contributed by atoms with Crippen molar-refractivity contribution in [2.24, 2.45) is 16.9 Å². The molecule has 2 aliphatic rings. The quantitative estimate of drug-likeness (QED) is 0.752. The summed E-state index contributed by atoms with van der Waals surface area (Å²) in [6.07, 6.45) is 8.39. The van der Waals surface area contributed by atoms with Crippen LogP contribution in [0.15, 0.2) is 5.10 Å². The Morgan fingerprint density at radius 3 is 2.88 bits per heavy atom. The summed E-state index contributed by atoms with van der Waals surface area (Å²) >= 11 is 0. The van der Waals surface area contributed by atoms with Gasteiger partial charge in [-0.2, -0.15) is 5.10 Å². The molecule has 0 aromatic carbocycles. The SMILES string of the molecule is CCOC(=O)N/N=C1/CC[C@H]2CCCC[C@H]2C1. The zero-order valence-electron chi connectivity index (χ0n) is 10.6. The molecule has 0 spiro atoms. The van der Waals surface area contributed by atoms with Crippen LogP contribution in [0.25, 0.3) is 0 Å². The lowest BCUT2D eigenvalue weighted by molar-refractivity contribution is 0.152. The second-order valence-corrected chi connectivity index (χ2v) is 5.06. The van der Waals surface area contributed by atoms with Crippen LogP contribution in [-0.2, 0) is 4.74 Å². The maximum absolute atomic E-state index is 11.1. The van der Waals surface area contributed by atoms with Gasteiger partial charge in [-0.3, -0.25) is 0 Å². The van der Waals surface area contributed by atoms with Crippen molar-refractivity contribution in [1.29, 1.82) is 0 Å². The predicted molar refractivity (Wildman–Crippen MR) is 66.9 cm³/mol. The average molecular weight is 238 g/mol. The van der Waals surface area contributed by atoms with Crippen molar-refractivity contribution in [3.63, 3.8) is 0 Å². The molecule has 0 heterocycles. The first-order chi connectivity index (χ1) is 8.29. The fraction of sp³-hybridized carbons (Fsp3) is 0.846. The van der Waals surface area contributed by atoms with Gasteiger partial charge in [0.15, 0.2) is 0 Å². The molecule has 1 N–H and O–H groups in total. The van der Waals surface area contributed by atoms with Crippen LogP contribution in [0.4, 0.5) is 4.79 Å². The molecular weight excluding hydrogens is 216 g/mol. The average Bonchev–Trinajstić information content (AvgIpc) is 2.36. The molecule has 2 rings (SSSR count). The van der Waals surface area contributed by atoms with Crippen LogP contribution in [0.5, 0.6) is 0 Å². The number of amides is 1. The summed E-state index contributed by atoms with van der Waals surface area (Å²) in [7, 11) is 0. The maximum Gasteiger partial charge on any atom is 0.427 e. The van der Waals surface area contributed by atoms with Crippen molar-refractivity contribution in [3.8, 4) is 0 Å². The Balaban J connectivity index is 1.82. The van der Waals surface area contributed by atoms with Crippen molar-refractivity contribution in [2.45, 2.75) is 51.9 Å². The third kappa shape index (κ3) is 3.45. The zero-order valence-corrected chi connectivity index (χ0v) is 10.6. The summed E-state index contributed by atoms with van der Waals surface area (Å²) < 4.78 is 4.78. The molecule has 2 atom stereocenters. The molecule has 0 aromatic heterocycles. The molecular formula is C13H22N2O2. The number of rotatable bonds is 2. The molecule has 4 heteroatoms. The van der Waals surface area contributed by atoms with Gasteiger partial charge in [-0.15, -0.1) is 0 Å². The van der Waals surface area contributed by atoms with E-state index in [1.807, 2.05) is 0 Å². The predicted octanol–water partition coefficient (Wildman–Crippen LogP) is 3.08. The molecule has 96 valence electrons. The summed E-state index contributed by atoms with van der Waals surface area (Å²) in [5, 5.41) is 4.18. The minimum atomic E-state index is -0.439. The van der Waals surface area contributed by atoms with Crippen LogP contribution < -0.4 is 5.43 Å². The van der Waals surface area contributed by atoms with E-state index in [1.165, 1.54) is 32.1 Å². The van der Waals surface area contributed by atoms with E-state index < -0.39 is 6.09 Å². The van der Waals surface area contributed by atoms with E-state index in [-0.39, 0.29) is 0 Å². The minimum absolute atomic E-state index is 0.390. The van der Waals surface area contributed by atoms with Gasteiger partial charge in [-0.1, -0.05) is 19.3 Å². The molecule has 2 saturated carbocycles. The van der Waals surface area contributed by atoms with Gasteiger partial charge in [0.2, 0.25) is 0 Å². The summed E-state index contributed by atoms with van der Waals surface area (Å²) in [6, 6.07) is 0. The van der Waals surface area contributed by atoms with Gasteiger partial charge >= 0.3 is 6.09 Å².